The summed E-state index contributed by atoms with van der Waals surface area (Å²) < 4.78 is 5.26. The first-order valence-electron chi connectivity index (χ1n) is 3.27. The summed E-state index contributed by atoms with van der Waals surface area (Å²) in [5.41, 5.74) is 0.115. The fourth-order valence-electron chi connectivity index (χ4n) is 0.730. The highest BCUT2D eigenvalue weighted by Gasteiger charge is 2.21. The van der Waals surface area contributed by atoms with E-state index in [0.29, 0.717) is 0 Å². The van der Waals surface area contributed by atoms with E-state index >= 15 is 0 Å². The van der Waals surface area contributed by atoms with Gasteiger partial charge in [-0.15, -0.1) is 0 Å². The molecule has 0 atom stereocenters. The normalized spacial score (nSPS) is 11.9. The van der Waals surface area contributed by atoms with E-state index in [1.165, 1.54) is 0 Å². The minimum atomic E-state index is 0.115. The molecular formula is C8H11BrO. The maximum atomic E-state index is 5.26. The molecule has 0 aliphatic carbocycles. The van der Waals surface area contributed by atoms with Crippen molar-refractivity contribution in [1.29, 1.82) is 0 Å². The Morgan fingerprint density at radius 2 is 2.30 bits per heavy atom. The zero-order valence-electron chi connectivity index (χ0n) is 6.23. The van der Waals surface area contributed by atoms with Gasteiger partial charge < -0.3 is 4.42 Å². The van der Waals surface area contributed by atoms with E-state index in [-0.39, 0.29) is 5.41 Å². The molecule has 0 saturated carbocycles. The summed E-state index contributed by atoms with van der Waals surface area (Å²) in [4.78, 5) is 0. The van der Waals surface area contributed by atoms with Gasteiger partial charge in [-0.25, -0.2) is 0 Å². The van der Waals surface area contributed by atoms with Crippen molar-refractivity contribution in [3.63, 3.8) is 0 Å². The Labute approximate surface area is 69.6 Å². The van der Waals surface area contributed by atoms with Gasteiger partial charge in [0.1, 0.15) is 5.76 Å². The predicted octanol–water partition coefficient (Wildman–Crippen LogP) is 2.95. The van der Waals surface area contributed by atoms with Gasteiger partial charge in [-0.05, 0) is 12.1 Å². The van der Waals surface area contributed by atoms with Gasteiger partial charge >= 0.3 is 0 Å². The third-order valence-electron chi connectivity index (χ3n) is 1.52. The Balaban J connectivity index is 2.85. The van der Waals surface area contributed by atoms with Crippen molar-refractivity contribution in [2.45, 2.75) is 19.3 Å². The van der Waals surface area contributed by atoms with Crippen molar-refractivity contribution < 1.29 is 4.42 Å². The van der Waals surface area contributed by atoms with Gasteiger partial charge in [-0.3, -0.25) is 0 Å². The van der Waals surface area contributed by atoms with Crippen LogP contribution in [0.15, 0.2) is 22.8 Å². The topological polar surface area (TPSA) is 13.1 Å². The van der Waals surface area contributed by atoms with E-state index in [0.717, 1.165) is 11.1 Å². The van der Waals surface area contributed by atoms with Crippen LogP contribution in [-0.4, -0.2) is 5.33 Å². The van der Waals surface area contributed by atoms with E-state index in [1.807, 2.05) is 12.1 Å². The van der Waals surface area contributed by atoms with Crippen LogP contribution in [0.1, 0.15) is 19.6 Å². The van der Waals surface area contributed by atoms with Gasteiger partial charge in [0.2, 0.25) is 0 Å². The summed E-state index contributed by atoms with van der Waals surface area (Å²) in [6.07, 6.45) is 1.71. The first kappa shape index (κ1) is 7.86. The van der Waals surface area contributed by atoms with Crippen molar-refractivity contribution >= 4 is 15.9 Å². The van der Waals surface area contributed by atoms with E-state index in [1.54, 1.807) is 6.26 Å². The lowest BCUT2D eigenvalue weighted by molar-refractivity contribution is 0.416. The van der Waals surface area contributed by atoms with E-state index < -0.39 is 0 Å². The third-order valence-corrected chi connectivity index (χ3v) is 2.92. The maximum absolute atomic E-state index is 5.26. The molecular weight excluding hydrogens is 192 g/mol. The molecule has 0 unspecified atom stereocenters. The Bertz CT molecular complexity index is 189. The summed E-state index contributed by atoms with van der Waals surface area (Å²) in [5, 5.41) is 0.924. The highest BCUT2D eigenvalue weighted by atomic mass is 79.9. The molecule has 1 nitrogen and oxygen atoms in total. The molecule has 0 fully saturated rings. The van der Waals surface area contributed by atoms with E-state index in [2.05, 4.69) is 29.8 Å². The molecule has 1 aromatic rings. The number of furan rings is 1. The highest BCUT2D eigenvalue weighted by molar-refractivity contribution is 9.09. The molecule has 0 radical (unpaired) electrons. The lowest BCUT2D eigenvalue weighted by Crippen LogP contribution is -2.17. The Hall–Kier alpha value is -0.240. The summed E-state index contributed by atoms with van der Waals surface area (Å²) in [6, 6.07) is 3.92. The molecule has 10 heavy (non-hydrogen) atoms. The maximum Gasteiger partial charge on any atom is 0.110 e. The lowest BCUT2D eigenvalue weighted by atomic mass is 9.93. The Morgan fingerprint density at radius 3 is 2.70 bits per heavy atom. The molecule has 1 heterocycles. The zero-order valence-corrected chi connectivity index (χ0v) is 7.81. The second-order valence-corrected chi connectivity index (χ2v) is 3.56. The second kappa shape index (κ2) is 2.79. The summed E-state index contributed by atoms with van der Waals surface area (Å²) >= 11 is 3.43. The Morgan fingerprint density at radius 1 is 1.60 bits per heavy atom. The largest absolute Gasteiger partial charge is 0.469 e. The summed E-state index contributed by atoms with van der Waals surface area (Å²) in [6.45, 7) is 4.28. The SMILES string of the molecule is CC(C)(CBr)c1ccco1. The van der Waals surface area contributed by atoms with E-state index in [4.69, 9.17) is 4.42 Å². The molecule has 0 bridgehead atoms. The van der Waals surface area contributed by atoms with Crippen LogP contribution in [0, 0.1) is 0 Å². The van der Waals surface area contributed by atoms with Gasteiger partial charge in [-0.1, -0.05) is 29.8 Å². The predicted molar refractivity (Wildman–Crippen MR) is 45.5 cm³/mol. The average Bonchev–Trinajstić information content (AvgIpc) is 2.38. The number of alkyl halides is 1. The summed E-state index contributed by atoms with van der Waals surface area (Å²) in [7, 11) is 0. The zero-order chi connectivity index (χ0) is 7.61. The van der Waals surface area contributed by atoms with Gasteiger partial charge in [0, 0.05) is 10.7 Å². The van der Waals surface area contributed by atoms with Crippen LogP contribution in [-0.2, 0) is 5.41 Å². The monoisotopic (exact) mass is 202 g/mol. The van der Waals surface area contributed by atoms with Crippen molar-refractivity contribution in [2.24, 2.45) is 0 Å². The number of hydrogen-bond acceptors (Lipinski definition) is 1. The molecule has 0 aliphatic heterocycles. The van der Waals surface area contributed by atoms with Gasteiger partial charge in [0.25, 0.3) is 0 Å². The van der Waals surface area contributed by atoms with Gasteiger partial charge in [-0.2, -0.15) is 0 Å². The molecule has 0 aromatic carbocycles. The molecule has 2 heteroatoms. The van der Waals surface area contributed by atoms with Crippen LogP contribution in [0.2, 0.25) is 0 Å². The van der Waals surface area contributed by atoms with Crippen LogP contribution < -0.4 is 0 Å². The van der Waals surface area contributed by atoms with Crippen molar-refractivity contribution in [3.8, 4) is 0 Å². The molecule has 1 rings (SSSR count). The molecule has 0 saturated heterocycles. The van der Waals surface area contributed by atoms with Crippen molar-refractivity contribution in [1.82, 2.24) is 0 Å². The quantitative estimate of drug-likeness (QED) is 0.673. The number of hydrogen-bond donors (Lipinski definition) is 0. The molecule has 1 aromatic heterocycles. The molecule has 0 spiro atoms. The van der Waals surface area contributed by atoms with Crippen LogP contribution in [0.5, 0.6) is 0 Å². The first-order valence-corrected chi connectivity index (χ1v) is 4.39. The van der Waals surface area contributed by atoms with E-state index in [9.17, 15) is 0 Å². The molecule has 0 N–H and O–H groups in total. The smallest absolute Gasteiger partial charge is 0.110 e. The highest BCUT2D eigenvalue weighted by Crippen LogP contribution is 2.24. The minimum absolute atomic E-state index is 0.115. The molecule has 56 valence electrons. The van der Waals surface area contributed by atoms with Gasteiger partial charge in [0.05, 0.1) is 6.26 Å². The van der Waals surface area contributed by atoms with Crippen molar-refractivity contribution in [3.05, 3.63) is 24.2 Å². The van der Waals surface area contributed by atoms with Crippen molar-refractivity contribution in [2.75, 3.05) is 5.33 Å². The fraction of sp³-hybridized carbons (Fsp3) is 0.500. The number of halogens is 1. The molecule has 0 amide bonds. The standard InChI is InChI=1S/C8H11BrO/c1-8(2,6-9)7-4-3-5-10-7/h3-5H,6H2,1-2H3. The third kappa shape index (κ3) is 1.43. The van der Waals surface area contributed by atoms with Gasteiger partial charge in [0.15, 0.2) is 0 Å². The second-order valence-electron chi connectivity index (χ2n) is 2.99. The lowest BCUT2D eigenvalue weighted by Gasteiger charge is -2.17. The Kier molecular flexibility index (Phi) is 2.19. The van der Waals surface area contributed by atoms with Crippen LogP contribution in [0.4, 0.5) is 0 Å². The first-order chi connectivity index (χ1) is 4.67. The van der Waals surface area contributed by atoms with Crippen LogP contribution in [0.25, 0.3) is 0 Å². The average molecular weight is 203 g/mol. The van der Waals surface area contributed by atoms with Crippen LogP contribution >= 0.6 is 15.9 Å². The van der Waals surface area contributed by atoms with Crippen LogP contribution in [0.3, 0.4) is 0 Å². The minimum Gasteiger partial charge on any atom is -0.469 e. The molecule has 0 aliphatic rings. The summed E-state index contributed by atoms with van der Waals surface area (Å²) in [5.74, 6) is 1.03. The number of rotatable bonds is 2. The fourth-order valence-corrected chi connectivity index (χ4v) is 1.01.